The fourth-order valence-corrected chi connectivity index (χ4v) is 1.99. The van der Waals surface area contributed by atoms with Gasteiger partial charge in [0.1, 0.15) is 11.5 Å². The van der Waals surface area contributed by atoms with Gasteiger partial charge in [0.25, 0.3) is 0 Å². The molecule has 0 aromatic heterocycles. The molecule has 0 saturated heterocycles. The number of alkyl halides is 6. The van der Waals surface area contributed by atoms with Crippen LogP contribution in [0.1, 0.15) is 5.56 Å². The van der Waals surface area contributed by atoms with Crippen molar-refractivity contribution in [3.05, 3.63) is 48.0 Å². The molecule has 0 unspecified atom stereocenters. The van der Waals surface area contributed by atoms with Gasteiger partial charge in [-0.05, 0) is 36.2 Å². The van der Waals surface area contributed by atoms with E-state index in [1.165, 1.54) is 24.3 Å². The van der Waals surface area contributed by atoms with Gasteiger partial charge in [-0.25, -0.2) is 0 Å². The van der Waals surface area contributed by atoms with E-state index in [0.29, 0.717) is 5.56 Å². The Hall–Kier alpha value is -2.38. The third kappa shape index (κ3) is 4.80. The van der Waals surface area contributed by atoms with Crippen LogP contribution in [0.15, 0.2) is 42.5 Å². The normalized spacial score (nSPS) is 12.1. The standard InChI is InChI=1S/C15H10F6O2/c1-9-6-7-10(22-14(16,17)18)8-12(9)11-4-2-3-5-13(11)23-15(19,20)21/h2-8H,1H3. The van der Waals surface area contributed by atoms with Crippen molar-refractivity contribution >= 4 is 0 Å². The van der Waals surface area contributed by atoms with E-state index in [-0.39, 0.29) is 11.1 Å². The fourth-order valence-electron chi connectivity index (χ4n) is 1.99. The molecule has 2 aromatic rings. The Morgan fingerprint density at radius 1 is 0.739 bits per heavy atom. The molecule has 0 aliphatic carbocycles. The van der Waals surface area contributed by atoms with Crippen molar-refractivity contribution in [1.82, 2.24) is 0 Å². The van der Waals surface area contributed by atoms with Gasteiger partial charge in [-0.3, -0.25) is 0 Å². The van der Waals surface area contributed by atoms with Crippen LogP contribution in [0, 0.1) is 6.92 Å². The third-order valence-corrected chi connectivity index (χ3v) is 2.85. The summed E-state index contributed by atoms with van der Waals surface area (Å²) in [6.45, 7) is 1.55. The van der Waals surface area contributed by atoms with Crippen LogP contribution in [0.5, 0.6) is 11.5 Å². The first-order valence-electron chi connectivity index (χ1n) is 6.27. The second kappa shape index (κ2) is 6.02. The van der Waals surface area contributed by atoms with Crippen molar-refractivity contribution in [3.63, 3.8) is 0 Å². The van der Waals surface area contributed by atoms with Crippen molar-refractivity contribution in [3.8, 4) is 22.6 Å². The van der Waals surface area contributed by atoms with Crippen LogP contribution in [0.2, 0.25) is 0 Å². The van der Waals surface area contributed by atoms with Crippen molar-refractivity contribution < 1.29 is 35.8 Å². The fraction of sp³-hybridized carbons (Fsp3) is 0.200. The average molecular weight is 336 g/mol. The smallest absolute Gasteiger partial charge is 0.406 e. The molecule has 0 saturated carbocycles. The van der Waals surface area contributed by atoms with E-state index in [0.717, 1.165) is 18.2 Å². The summed E-state index contributed by atoms with van der Waals surface area (Å²) in [5.41, 5.74) is 0.624. The lowest BCUT2D eigenvalue weighted by Gasteiger charge is -2.16. The molecule has 0 heterocycles. The zero-order valence-electron chi connectivity index (χ0n) is 11.6. The lowest BCUT2D eigenvalue weighted by molar-refractivity contribution is -0.275. The molecule has 2 aromatic carbocycles. The van der Waals surface area contributed by atoms with Crippen LogP contribution >= 0.6 is 0 Å². The topological polar surface area (TPSA) is 18.5 Å². The molecular formula is C15H10F6O2. The van der Waals surface area contributed by atoms with Crippen molar-refractivity contribution in [2.75, 3.05) is 0 Å². The summed E-state index contributed by atoms with van der Waals surface area (Å²) in [6, 6.07) is 8.60. The summed E-state index contributed by atoms with van der Waals surface area (Å²) in [5.74, 6) is -1.04. The molecule has 8 heteroatoms. The monoisotopic (exact) mass is 336 g/mol. The minimum atomic E-state index is -4.91. The van der Waals surface area contributed by atoms with Crippen LogP contribution in [-0.2, 0) is 0 Å². The van der Waals surface area contributed by atoms with Gasteiger partial charge in [0, 0.05) is 5.56 Å². The Bertz CT molecular complexity index is 691. The quantitative estimate of drug-likeness (QED) is 0.693. The Balaban J connectivity index is 2.48. The molecule has 0 aliphatic heterocycles. The third-order valence-electron chi connectivity index (χ3n) is 2.85. The maximum Gasteiger partial charge on any atom is 0.573 e. The van der Waals surface area contributed by atoms with Crippen LogP contribution in [0.3, 0.4) is 0 Å². The second-order valence-corrected chi connectivity index (χ2v) is 4.57. The van der Waals surface area contributed by atoms with Gasteiger partial charge in [0.05, 0.1) is 0 Å². The van der Waals surface area contributed by atoms with E-state index in [2.05, 4.69) is 9.47 Å². The zero-order chi connectivity index (χ0) is 17.3. The van der Waals surface area contributed by atoms with Gasteiger partial charge in [-0.2, -0.15) is 0 Å². The number of hydrogen-bond acceptors (Lipinski definition) is 2. The number of ether oxygens (including phenoxy) is 2. The summed E-state index contributed by atoms with van der Waals surface area (Å²) in [5, 5.41) is 0. The molecule has 0 fully saturated rings. The lowest BCUT2D eigenvalue weighted by atomic mass is 9.99. The molecule has 0 spiro atoms. The molecule has 0 N–H and O–H groups in total. The molecule has 124 valence electrons. The summed E-state index contributed by atoms with van der Waals surface area (Å²) in [4.78, 5) is 0. The highest BCUT2D eigenvalue weighted by atomic mass is 19.4. The highest BCUT2D eigenvalue weighted by Crippen LogP contribution is 2.37. The first kappa shape index (κ1) is 17.0. The van der Waals surface area contributed by atoms with E-state index < -0.39 is 24.2 Å². The summed E-state index contributed by atoms with van der Waals surface area (Å²) < 4.78 is 81.9. The highest BCUT2D eigenvalue weighted by Gasteiger charge is 2.33. The second-order valence-electron chi connectivity index (χ2n) is 4.57. The highest BCUT2D eigenvalue weighted by molar-refractivity contribution is 5.74. The lowest BCUT2D eigenvalue weighted by Crippen LogP contribution is -2.18. The number of benzene rings is 2. The minimum Gasteiger partial charge on any atom is -0.406 e. The molecular weight excluding hydrogens is 326 g/mol. The number of para-hydroxylation sites is 1. The zero-order valence-corrected chi connectivity index (χ0v) is 11.6. The summed E-state index contributed by atoms with van der Waals surface area (Å²) in [6.07, 6.45) is -9.81. The molecule has 2 rings (SSSR count). The molecule has 0 aliphatic rings. The SMILES string of the molecule is Cc1ccc(OC(F)(F)F)cc1-c1ccccc1OC(F)(F)F. The number of rotatable bonds is 3. The van der Waals surface area contributed by atoms with Crippen molar-refractivity contribution in [2.24, 2.45) is 0 Å². The maximum absolute atomic E-state index is 12.4. The van der Waals surface area contributed by atoms with Crippen LogP contribution < -0.4 is 9.47 Å². The van der Waals surface area contributed by atoms with Gasteiger partial charge in [0.2, 0.25) is 0 Å². The van der Waals surface area contributed by atoms with Crippen LogP contribution in [-0.4, -0.2) is 12.7 Å². The van der Waals surface area contributed by atoms with Crippen molar-refractivity contribution in [2.45, 2.75) is 19.6 Å². The van der Waals surface area contributed by atoms with Gasteiger partial charge >= 0.3 is 12.7 Å². The number of aryl methyl sites for hydroxylation is 1. The van der Waals surface area contributed by atoms with Gasteiger partial charge in [-0.15, -0.1) is 26.3 Å². The average Bonchev–Trinajstić information content (AvgIpc) is 2.38. The Kier molecular flexibility index (Phi) is 4.44. The molecule has 0 atom stereocenters. The summed E-state index contributed by atoms with van der Waals surface area (Å²) >= 11 is 0. The molecule has 23 heavy (non-hydrogen) atoms. The van der Waals surface area contributed by atoms with Gasteiger partial charge < -0.3 is 9.47 Å². The number of halogens is 6. The molecule has 0 amide bonds. The van der Waals surface area contributed by atoms with E-state index in [4.69, 9.17) is 0 Å². The van der Waals surface area contributed by atoms with Crippen molar-refractivity contribution in [1.29, 1.82) is 0 Å². The van der Waals surface area contributed by atoms with Gasteiger partial charge in [-0.1, -0.05) is 24.3 Å². The van der Waals surface area contributed by atoms with E-state index in [1.807, 2.05) is 0 Å². The maximum atomic E-state index is 12.4. The predicted molar refractivity (Wildman–Crippen MR) is 70.0 cm³/mol. The van der Waals surface area contributed by atoms with E-state index in [1.54, 1.807) is 6.92 Å². The molecule has 0 radical (unpaired) electrons. The predicted octanol–water partition coefficient (Wildman–Crippen LogP) is 5.46. The summed E-state index contributed by atoms with van der Waals surface area (Å²) in [7, 11) is 0. The van der Waals surface area contributed by atoms with Gasteiger partial charge in [0.15, 0.2) is 0 Å². The number of hydrogen-bond donors (Lipinski definition) is 0. The Morgan fingerprint density at radius 2 is 1.35 bits per heavy atom. The first-order chi connectivity index (χ1) is 10.6. The Morgan fingerprint density at radius 3 is 1.96 bits per heavy atom. The van der Waals surface area contributed by atoms with Crippen LogP contribution in [0.4, 0.5) is 26.3 Å². The minimum absolute atomic E-state index is 0.00921. The Labute approximate surface area is 127 Å². The van der Waals surface area contributed by atoms with E-state index >= 15 is 0 Å². The molecule has 2 nitrogen and oxygen atoms in total. The first-order valence-corrected chi connectivity index (χ1v) is 6.27. The van der Waals surface area contributed by atoms with Crippen LogP contribution in [0.25, 0.3) is 11.1 Å². The largest absolute Gasteiger partial charge is 0.573 e. The van der Waals surface area contributed by atoms with E-state index in [9.17, 15) is 26.3 Å². The molecule has 0 bridgehead atoms.